The van der Waals surface area contributed by atoms with Gasteiger partial charge in [-0.3, -0.25) is 14.5 Å². The summed E-state index contributed by atoms with van der Waals surface area (Å²) in [6.45, 7) is 1.73. The molecular weight excluding hydrogens is 259 g/mol. The summed E-state index contributed by atoms with van der Waals surface area (Å²) in [5.41, 5.74) is 0.252. The monoisotopic (exact) mass is 276 g/mol. The van der Waals surface area contributed by atoms with Gasteiger partial charge in [0.25, 0.3) is 5.91 Å². The van der Waals surface area contributed by atoms with Crippen molar-refractivity contribution in [1.29, 1.82) is 0 Å². The molecule has 1 heterocycles. The average Bonchev–Trinajstić information content (AvgIpc) is 2.86. The quantitative estimate of drug-likeness (QED) is 0.852. The molecule has 1 saturated carbocycles. The molecule has 1 aliphatic carbocycles. The lowest BCUT2D eigenvalue weighted by Crippen LogP contribution is -2.65. The van der Waals surface area contributed by atoms with Gasteiger partial charge in [0.05, 0.1) is 5.69 Å². The summed E-state index contributed by atoms with van der Waals surface area (Å²) in [5, 5.41) is 2.82. The summed E-state index contributed by atoms with van der Waals surface area (Å²) in [6.07, 6.45) is 3.11. The van der Waals surface area contributed by atoms with Gasteiger partial charge in [-0.05, 0) is 37.5 Å². The first-order valence-electron chi connectivity index (χ1n) is 6.91. The fourth-order valence-electron chi connectivity index (χ4n) is 3.18. The molecule has 1 aromatic carbocycles. The van der Waals surface area contributed by atoms with E-state index in [1.54, 1.807) is 12.1 Å². The summed E-state index contributed by atoms with van der Waals surface area (Å²) < 4.78 is 14.0. The maximum atomic E-state index is 14.0. The largest absolute Gasteiger partial charge is 0.340 e. The van der Waals surface area contributed by atoms with E-state index >= 15 is 0 Å². The highest BCUT2D eigenvalue weighted by Crippen LogP contribution is 2.35. The Kier molecular flexibility index (Phi) is 3.00. The second-order valence-electron chi connectivity index (χ2n) is 5.68. The molecular formula is C15H17FN2O2. The van der Waals surface area contributed by atoms with Gasteiger partial charge in [-0.25, -0.2) is 4.39 Å². The molecule has 0 unspecified atom stereocenters. The van der Waals surface area contributed by atoms with Crippen molar-refractivity contribution in [3.8, 4) is 0 Å². The molecule has 0 aromatic heterocycles. The molecule has 0 atom stereocenters. The van der Waals surface area contributed by atoms with Crippen LogP contribution in [0.15, 0.2) is 18.2 Å². The predicted octanol–water partition coefficient (Wildman–Crippen LogP) is 1.91. The van der Waals surface area contributed by atoms with Crippen molar-refractivity contribution < 1.29 is 14.0 Å². The van der Waals surface area contributed by atoms with Crippen LogP contribution in [-0.4, -0.2) is 23.9 Å². The molecule has 4 nitrogen and oxygen atoms in total. The minimum absolute atomic E-state index is 0.110. The van der Waals surface area contributed by atoms with Gasteiger partial charge in [0.2, 0.25) is 5.91 Å². The number of hydrogen-bond acceptors (Lipinski definition) is 2. The third kappa shape index (κ3) is 1.97. The highest BCUT2D eigenvalue weighted by molar-refractivity contribution is 6.09. The van der Waals surface area contributed by atoms with Crippen LogP contribution < -0.4 is 10.2 Å². The number of piperazine rings is 1. The first-order chi connectivity index (χ1) is 9.52. The van der Waals surface area contributed by atoms with Crippen molar-refractivity contribution >= 4 is 17.5 Å². The molecule has 0 radical (unpaired) electrons. The van der Waals surface area contributed by atoms with Crippen LogP contribution in [0.25, 0.3) is 0 Å². The van der Waals surface area contributed by atoms with Gasteiger partial charge in [0.15, 0.2) is 0 Å². The summed E-state index contributed by atoms with van der Waals surface area (Å²) in [5.74, 6) is -0.863. The Bertz CT molecular complexity index is 579. The summed E-state index contributed by atoms with van der Waals surface area (Å²) in [4.78, 5) is 25.9. The van der Waals surface area contributed by atoms with Gasteiger partial charge in [-0.2, -0.15) is 0 Å². The number of rotatable bonds is 1. The second-order valence-corrected chi connectivity index (χ2v) is 5.68. The number of anilines is 1. The van der Waals surface area contributed by atoms with E-state index in [1.165, 1.54) is 11.0 Å². The molecule has 2 aliphatic rings. The lowest BCUT2D eigenvalue weighted by molar-refractivity contribution is -0.135. The van der Waals surface area contributed by atoms with E-state index in [0.717, 1.165) is 18.4 Å². The number of nitrogens with zero attached hydrogens (tertiary/aromatic N) is 1. The Labute approximate surface area is 117 Å². The molecule has 2 fully saturated rings. The Morgan fingerprint density at radius 3 is 2.65 bits per heavy atom. The number of halogens is 1. The summed E-state index contributed by atoms with van der Waals surface area (Å²) in [7, 11) is 0. The van der Waals surface area contributed by atoms with Crippen LogP contribution in [0.3, 0.4) is 0 Å². The summed E-state index contributed by atoms with van der Waals surface area (Å²) in [6, 6.07) is 4.61. The minimum Gasteiger partial charge on any atom is -0.340 e. The highest BCUT2D eigenvalue weighted by Gasteiger charge is 2.49. The molecule has 1 aliphatic heterocycles. The predicted molar refractivity (Wildman–Crippen MR) is 72.8 cm³/mol. The van der Waals surface area contributed by atoms with Crippen LogP contribution in [0.1, 0.15) is 31.2 Å². The van der Waals surface area contributed by atoms with Gasteiger partial charge in [0.1, 0.15) is 17.9 Å². The smallest absolute Gasteiger partial charge is 0.253 e. The Morgan fingerprint density at radius 2 is 1.95 bits per heavy atom. The van der Waals surface area contributed by atoms with Crippen LogP contribution in [0.2, 0.25) is 0 Å². The number of carbonyl (C=O) groups is 2. The van der Waals surface area contributed by atoms with Crippen LogP contribution >= 0.6 is 0 Å². The average molecular weight is 276 g/mol. The lowest BCUT2D eigenvalue weighted by atomic mass is 9.92. The third-order valence-corrected chi connectivity index (χ3v) is 4.18. The molecule has 0 bridgehead atoms. The Balaban J connectivity index is 2.02. The van der Waals surface area contributed by atoms with Gasteiger partial charge < -0.3 is 5.32 Å². The Hall–Kier alpha value is -1.91. The number of carbonyl (C=O) groups excluding carboxylic acids is 2. The van der Waals surface area contributed by atoms with Crippen LogP contribution in [0, 0.1) is 12.7 Å². The van der Waals surface area contributed by atoms with E-state index in [1.807, 2.05) is 6.92 Å². The first kappa shape index (κ1) is 13.1. The zero-order valence-electron chi connectivity index (χ0n) is 11.4. The van der Waals surface area contributed by atoms with Crippen molar-refractivity contribution in [3.63, 3.8) is 0 Å². The topological polar surface area (TPSA) is 49.4 Å². The molecule has 1 saturated heterocycles. The van der Waals surface area contributed by atoms with E-state index in [4.69, 9.17) is 0 Å². The molecule has 20 heavy (non-hydrogen) atoms. The molecule has 2 amide bonds. The number of amides is 2. The second kappa shape index (κ2) is 4.58. The minimum atomic E-state index is -0.814. The van der Waals surface area contributed by atoms with Crippen LogP contribution in [0.4, 0.5) is 10.1 Å². The van der Waals surface area contributed by atoms with Crippen molar-refractivity contribution in [2.75, 3.05) is 11.4 Å². The standard InChI is InChI=1S/C15H17FN2O2/c1-10-4-5-11(16)12(8-10)18-9-13(19)17-15(14(18)20)6-2-3-7-15/h4-5,8H,2-3,6-7,9H2,1H3,(H,17,19). The maximum Gasteiger partial charge on any atom is 0.253 e. The van der Waals surface area contributed by atoms with E-state index in [2.05, 4.69) is 5.32 Å². The molecule has 1 aromatic rings. The van der Waals surface area contributed by atoms with E-state index in [-0.39, 0.29) is 24.0 Å². The zero-order valence-corrected chi connectivity index (χ0v) is 11.4. The lowest BCUT2D eigenvalue weighted by Gasteiger charge is -2.39. The van der Waals surface area contributed by atoms with Crippen molar-refractivity contribution in [3.05, 3.63) is 29.6 Å². The molecule has 5 heteroatoms. The van der Waals surface area contributed by atoms with Crippen molar-refractivity contribution in [2.45, 2.75) is 38.1 Å². The SMILES string of the molecule is Cc1ccc(F)c(N2CC(=O)NC3(CCCC3)C2=O)c1. The van der Waals surface area contributed by atoms with Crippen molar-refractivity contribution in [2.24, 2.45) is 0 Å². The number of aryl methyl sites for hydroxylation is 1. The highest BCUT2D eigenvalue weighted by atomic mass is 19.1. The maximum absolute atomic E-state index is 14.0. The normalized spacial score (nSPS) is 21.4. The molecule has 3 rings (SSSR count). The molecule has 1 N–H and O–H groups in total. The number of hydrogen-bond donors (Lipinski definition) is 1. The van der Waals surface area contributed by atoms with E-state index in [9.17, 15) is 14.0 Å². The van der Waals surface area contributed by atoms with Gasteiger partial charge in [-0.1, -0.05) is 18.9 Å². The third-order valence-electron chi connectivity index (χ3n) is 4.18. The van der Waals surface area contributed by atoms with E-state index in [0.29, 0.717) is 12.8 Å². The fourth-order valence-corrected chi connectivity index (χ4v) is 3.18. The van der Waals surface area contributed by atoms with E-state index < -0.39 is 11.4 Å². The van der Waals surface area contributed by atoms with Gasteiger partial charge in [0, 0.05) is 0 Å². The Morgan fingerprint density at radius 1 is 1.25 bits per heavy atom. The number of nitrogens with one attached hydrogen (secondary N) is 1. The van der Waals surface area contributed by atoms with Crippen molar-refractivity contribution in [1.82, 2.24) is 5.32 Å². The number of benzene rings is 1. The molecule has 106 valence electrons. The molecule has 1 spiro atoms. The first-order valence-corrected chi connectivity index (χ1v) is 6.91. The zero-order chi connectivity index (χ0) is 14.3. The van der Waals surface area contributed by atoms with Crippen LogP contribution in [0.5, 0.6) is 0 Å². The van der Waals surface area contributed by atoms with Crippen LogP contribution in [-0.2, 0) is 9.59 Å². The summed E-state index contributed by atoms with van der Waals surface area (Å²) >= 11 is 0. The fraction of sp³-hybridized carbons (Fsp3) is 0.467. The van der Waals surface area contributed by atoms with Gasteiger partial charge >= 0.3 is 0 Å². The van der Waals surface area contributed by atoms with Gasteiger partial charge in [-0.15, -0.1) is 0 Å².